The van der Waals surface area contributed by atoms with Crippen molar-refractivity contribution in [1.29, 1.82) is 0 Å². The molecule has 0 unspecified atom stereocenters. The first kappa shape index (κ1) is 26.8. The predicted molar refractivity (Wildman–Crippen MR) is 144 cm³/mol. The Kier molecular flexibility index (Phi) is 10.2. The summed E-state index contributed by atoms with van der Waals surface area (Å²) in [4.78, 5) is 28.9. The van der Waals surface area contributed by atoms with Gasteiger partial charge in [0.2, 0.25) is 11.8 Å². The fraction of sp³-hybridized carbons (Fsp3) is 0.310. The summed E-state index contributed by atoms with van der Waals surface area (Å²) in [6, 6.07) is 22.3. The van der Waals surface area contributed by atoms with E-state index in [0.29, 0.717) is 35.1 Å². The van der Waals surface area contributed by atoms with E-state index >= 15 is 0 Å². The highest BCUT2D eigenvalue weighted by Crippen LogP contribution is 2.23. The SMILES string of the molecule is CCCCNC(=O)[C@H](Cc1ccccc1)N(Cc1ccc(C)cc1)C(=O)Cc1ccc(Cl)cc1Cl. The van der Waals surface area contributed by atoms with Crippen LogP contribution >= 0.6 is 23.2 Å². The zero-order valence-electron chi connectivity index (χ0n) is 20.3. The molecule has 35 heavy (non-hydrogen) atoms. The second-order valence-electron chi connectivity index (χ2n) is 8.77. The largest absolute Gasteiger partial charge is 0.354 e. The van der Waals surface area contributed by atoms with E-state index in [1.165, 1.54) is 0 Å². The van der Waals surface area contributed by atoms with Crippen molar-refractivity contribution < 1.29 is 9.59 Å². The zero-order valence-corrected chi connectivity index (χ0v) is 21.8. The monoisotopic (exact) mass is 510 g/mol. The molecule has 0 saturated carbocycles. The van der Waals surface area contributed by atoms with Crippen molar-refractivity contribution in [2.75, 3.05) is 6.54 Å². The molecule has 4 nitrogen and oxygen atoms in total. The van der Waals surface area contributed by atoms with Crippen LogP contribution in [0.1, 0.15) is 42.0 Å². The number of hydrogen-bond donors (Lipinski definition) is 1. The van der Waals surface area contributed by atoms with E-state index in [2.05, 4.69) is 12.2 Å². The Labute approximate surface area is 218 Å². The van der Waals surface area contributed by atoms with Crippen LogP contribution in [-0.4, -0.2) is 29.3 Å². The summed E-state index contributed by atoms with van der Waals surface area (Å²) in [5, 5.41) is 3.99. The van der Waals surface area contributed by atoms with Crippen molar-refractivity contribution in [1.82, 2.24) is 10.2 Å². The van der Waals surface area contributed by atoms with E-state index in [1.54, 1.807) is 23.1 Å². The Morgan fingerprint density at radius 3 is 2.31 bits per heavy atom. The number of carbonyl (C=O) groups is 2. The number of amides is 2. The molecule has 0 radical (unpaired) electrons. The number of halogens is 2. The van der Waals surface area contributed by atoms with E-state index in [-0.39, 0.29) is 18.2 Å². The van der Waals surface area contributed by atoms with Gasteiger partial charge >= 0.3 is 0 Å². The number of benzene rings is 3. The number of nitrogens with one attached hydrogen (secondary N) is 1. The van der Waals surface area contributed by atoms with E-state index in [0.717, 1.165) is 29.5 Å². The molecule has 0 heterocycles. The molecule has 1 atom stereocenters. The quantitative estimate of drug-likeness (QED) is 0.303. The molecule has 1 N–H and O–H groups in total. The van der Waals surface area contributed by atoms with Gasteiger partial charge in [0.25, 0.3) is 0 Å². The summed E-state index contributed by atoms with van der Waals surface area (Å²) < 4.78 is 0. The minimum absolute atomic E-state index is 0.0788. The van der Waals surface area contributed by atoms with Crippen LogP contribution in [-0.2, 0) is 29.0 Å². The third-order valence-electron chi connectivity index (χ3n) is 5.93. The molecular formula is C29H32Cl2N2O2. The average molecular weight is 511 g/mol. The highest BCUT2D eigenvalue weighted by Gasteiger charge is 2.30. The first-order valence-corrected chi connectivity index (χ1v) is 12.7. The standard InChI is InChI=1S/C29H32Cl2N2O2/c1-3-4-16-32-29(35)27(17-22-8-6-5-7-9-22)33(20-23-12-10-21(2)11-13-23)28(34)18-24-14-15-25(30)19-26(24)31/h5-15,19,27H,3-4,16-18,20H2,1-2H3,(H,32,35)/t27-/m0/s1. The molecule has 0 aliphatic rings. The van der Waals surface area contributed by atoms with Gasteiger partial charge in [0.05, 0.1) is 6.42 Å². The average Bonchev–Trinajstić information content (AvgIpc) is 2.85. The summed E-state index contributed by atoms with van der Waals surface area (Å²) in [5.41, 5.74) is 3.78. The Morgan fingerprint density at radius 2 is 1.66 bits per heavy atom. The third kappa shape index (κ3) is 8.12. The van der Waals surface area contributed by atoms with E-state index in [9.17, 15) is 9.59 Å². The predicted octanol–water partition coefficient (Wildman–Crippen LogP) is 6.40. The van der Waals surface area contributed by atoms with Crippen LogP contribution in [0.3, 0.4) is 0 Å². The van der Waals surface area contributed by atoms with Crippen LogP contribution in [0.25, 0.3) is 0 Å². The van der Waals surface area contributed by atoms with E-state index in [4.69, 9.17) is 23.2 Å². The molecule has 3 aromatic rings. The summed E-state index contributed by atoms with van der Waals surface area (Å²) in [6.45, 7) is 5.00. The smallest absolute Gasteiger partial charge is 0.243 e. The molecular weight excluding hydrogens is 479 g/mol. The third-order valence-corrected chi connectivity index (χ3v) is 6.52. The molecule has 184 valence electrons. The molecule has 0 aliphatic heterocycles. The molecule has 0 spiro atoms. The highest BCUT2D eigenvalue weighted by atomic mass is 35.5. The number of rotatable bonds is 11. The maximum Gasteiger partial charge on any atom is 0.243 e. The first-order valence-electron chi connectivity index (χ1n) is 12.0. The lowest BCUT2D eigenvalue weighted by molar-refractivity contribution is -0.140. The molecule has 3 aromatic carbocycles. The molecule has 0 aromatic heterocycles. The van der Waals surface area contributed by atoms with Gasteiger partial charge in [-0.05, 0) is 42.2 Å². The van der Waals surface area contributed by atoms with Gasteiger partial charge in [-0.1, -0.05) is 103 Å². The summed E-state index contributed by atoms with van der Waals surface area (Å²) in [6.07, 6.45) is 2.36. The number of unbranched alkanes of at least 4 members (excludes halogenated alkanes) is 1. The molecule has 0 aliphatic carbocycles. The van der Waals surface area contributed by atoms with Gasteiger partial charge in [0, 0.05) is 29.6 Å². The lowest BCUT2D eigenvalue weighted by Gasteiger charge is -2.32. The van der Waals surface area contributed by atoms with Crippen molar-refractivity contribution in [2.24, 2.45) is 0 Å². The van der Waals surface area contributed by atoms with Gasteiger partial charge in [-0.2, -0.15) is 0 Å². The van der Waals surface area contributed by atoms with Gasteiger partial charge in [0.15, 0.2) is 0 Å². The normalized spacial score (nSPS) is 11.7. The van der Waals surface area contributed by atoms with E-state index < -0.39 is 6.04 Å². The Balaban J connectivity index is 1.95. The van der Waals surface area contributed by atoms with Crippen LogP contribution in [0.2, 0.25) is 10.0 Å². The number of nitrogens with zero attached hydrogens (tertiary/aromatic N) is 1. The number of carbonyl (C=O) groups excluding carboxylic acids is 2. The van der Waals surface area contributed by atoms with Crippen molar-refractivity contribution in [3.05, 3.63) is 105 Å². The second kappa shape index (κ2) is 13.3. The van der Waals surface area contributed by atoms with Gasteiger partial charge in [-0.3, -0.25) is 9.59 Å². The van der Waals surface area contributed by atoms with Crippen molar-refractivity contribution >= 4 is 35.0 Å². The maximum absolute atomic E-state index is 13.7. The van der Waals surface area contributed by atoms with Crippen LogP contribution < -0.4 is 5.32 Å². The van der Waals surface area contributed by atoms with Crippen molar-refractivity contribution in [3.8, 4) is 0 Å². The minimum atomic E-state index is -0.658. The zero-order chi connectivity index (χ0) is 25.2. The van der Waals surface area contributed by atoms with Gasteiger partial charge in [0.1, 0.15) is 6.04 Å². The fourth-order valence-electron chi connectivity index (χ4n) is 3.88. The Bertz CT molecular complexity index is 1120. The lowest BCUT2D eigenvalue weighted by atomic mass is 10.0. The van der Waals surface area contributed by atoms with Crippen molar-refractivity contribution in [2.45, 2.75) is 52.1 Å². The summed E-state index contributed by atoms with van der Waals surface area (Å²) in [7, 11) is 0. The molecule has 2 amide bonds. The fourth-order valence-corrected chi connectivity index (χ4v) is 4.36. The van der Waals surface area contributed by atoms with Crippen LogP contribution in [0.15, 0.2) is 72.8 Å². The maximum atomic E-state index is 13.7. The van der Waals surface area contributed by atoms with Gasteiger partial charge in [-0.25, -0.2) is 0 Å². The topological polar surface area (TPSA) is 49.4 Å². The minimum Gasteiger partial charge on any atom is -0.354 e. The summed E-state index contributed by atoms with van der Waals surface area (Å²) >= 11 is 12.4. The van der Waals surface area contributed by atoms with Crippen LogP contribution in [0, 0.1) is 6.92 Å². The van der Waals surface area contributed by atoms with Crippen LogP contribution in [0.4, 0.5) is 0 Å². The Morgan fingerprint density at radius 1 is 0.943 bits per heavy atom. The van der Waals surface area contributed by atoms with Gasteiger partial charge in [-0.15, -0.1) is 0 Å². The summed E-state index contributed by atoms with van der Waals surface area (Å²) in [5.74, 6) is -0.314. The first-order chi connectivity index (χ1) is 16.9. The molecule has 0 saturated heterocycles. The Hall–Kier alpha value is -2.82. The number of hydrogen-bond acceptors (Lipinski definition) is 2. The van der Waals surface area contributed by atoms with Crippen LogP contribution in [0.5, 0.6) is 0 Å². The van der Waals surface area contributed by atoms with E-state index in [1.807, 2.05) is 61.5 Å². The number of aryl methyl sites for hydroxylation is 1. The van der Waals surface area contributed by atoms with Gasteiger partial charge < -0.3 is 10.2 Å². The second-order valence-corrected chi connectivity index (χ2v) is 9.61. The van der Waals surface area contributed by atoms with Crippen molar-refractivity contribution in [3.63, 3.8) is 0 Å². The lowest BCUT2D eigenvalue weighted by Crippen LogP contribution is -2.51. The molecule has 0 fully saturated rings. The molecule has 6 heteroatoms. The molecule has 3 rings (SSSR count). The highest BCUT2D eigenvalue weighted by molar-refractivity contribution is 6.35. The molecule has 0 bridgehead atoms.